The van der Waals surface area contributed by atoms with E-state index in [0.29, 0.717) is 23.5 Å². The lowest BCUT2D eigenvalue weighted by Crippen LogP contribution is -2.14. The van der Waals surface area contributed by atoms with Crippen LogP contribution < -0.4 is 5.32 Å². The molecule has 19 heavy (non-hydrogen) atoms. The second-order valence-corrected chi connectivity index (χ2v) is 3.84. The molecule has 0 aliphatic heterocycles. The summed E-state index contributed by atoms with van der Waals surface area (Å²) < 4.78 is 38.8. The van der Waals surface area contributed by atoms with E-state index in [2.05, 4.69) is 10.3 Å². The number of halogens is 3. The molecule has 0 radical (unpaired) electrons. The Morgan fingerprint density at radius 1 is 1.21 bits per heavy atom. The minimum Gasteiger partial charge on any atom is -0.320 e. The molecule has 0 saturated carbocycles. The SMILES string of the molecule is Cc1ncccc1NC(=O)c1cc(F)c(F)c(F)c1. The van der Waals surface area contributed by atoms with Crippen LogP contribution in [-0.4, -0.2) is 10.9 Å². The second-order valence-electron chi connectivity index (χ2n) is 3.84. The number of hydrogen-bond donors (Lipinski definition) is 1. The van der Waals surface area contributed by atoms with Gasteiger partial charge in [-0.2, -0.15) is 0 Å². The highest BCUT2D eigenvalue weighted by molar-refractivity contribution is 6.04. The predicted molar refractivity (Wildman–Crippen MR) is 63.2 cm³/mol. The Hall–Kier alpha value is -2.37. The fraction of sp³-hybridized carbons (Fsp3) is 0.0769. The number of rotatable bonds is 2. The van der Waals surface area contributed by atoms with Gasteiger partial charge in [-0.05, 0) is 31.2 Å². The molecule has 0 bridgehead atoms. The smallest absolute Gasteiger partial charge is 0.255 e. The minimum atomic E-state index is -1.60. The summed E-state index contributed by atoms with van der Waals surface area (Å²) in [5.41, 5.74) is 0.663. The lowest BCUT2D eigenvalue weighted by atomic mass is 10.2. The van der Waals surface area contributed by atoms with Gasteiger partial charge in [-0.15, -0.1) is 0 Å². The Labute approximate surface area is 107 Å². The van der Waals surface area contributed by atoms with E-state index in [1.54, 1.807) is 25.3 Å². The van der Waals surface area contributed by atoms with Gasteiger partial charge in [0.15, 0.2) is 17.5 Å². The number of anilines is 1. The van der Waals surface area contributed by atoms with E-state index in [1.165, 1.54) is 0 Å². The first-order chi connectivity index (χ1) is 8.99. The monoisotopic (exact) mass is 266 g/mol. The number of carbonyl (C=O) groups excluding carboxylic acids is 1. The first-order valence-electron chi connectivity index (χ1n) is 5.36. The molecule has 0 saturated heterocycles. The Morgan fingerprint density at radius 3 is 2.42 bits per heavy atom. The van der Waals surface area contributed by atoms with Crippen molar-refractivity contribution in [3.8, 4) is 0 Å². The first-order valence-corrected chi connectivity index (χ1v) is 5.36. The normalized spacial score (nSPS) is 10.3. The molecule has 3 nitrogen and oxygen atoms in total. The van der Waals surface area contributed by atoms with E-state index in [-0.39, 0.29) is 5.56 Å². The fourth-order valence-corrected chi connectivity index (χ4v) is 1.50. The number of nitrogens with one attached hydrogen (secondary N) is 1. The summed E-state index contributed by atoms with van der Waals surface area (Å²) in [5, 5.41) is 2.44. The van der Waals surface area contributed by atoms with Gasteiger partial charge in [-0.25, -0.2) is 13.2 Å². The van der Waals surface area contributed by atoms with E-state index in [9.17, 15) is 18.0 Å². The molecule has 0 atom stereocenters. The van der Waals surface area contributed by atoms with Crippen LogP contribution in [0.4, 0.5) is 18.9 Å². The third kappa shape index (κ3) is 2.73. The third-order valence-electron chi connectivity index (χ3n) is 2.50. The van der Waals surface area contributed by atoms with Crippen LogP contribution in [0.15, 0.2) is 30.5 Å². The van der Waals surface area contributed by atoms with Crippen molar-refractivity contribution < 1.29 is 18.0 Å². The Balaban J connectivity index is 2.28. The fourth-order valence-electron chi connectivity index (χ4n) is 1.50. The number of pyridine rings is 1. The third-order valence-corrected chi connectivity index (χ3v) is 2.50. The van der Waals surface area contributed by atoms with E-state index in [0.717, 1.165) is 0 Å². The van der Waals surface area contributed by atoms with Crippen LogP contribution in [0.1, 0.15) is 16.1 Å². The van der Waals surface area contributed by atoms with Gasteiger partial charge in [-0.1, -0.05) is 0 Å². The zero-order valence-corrected chi connectivity index (χ0v) is 9.88. The Bertz CT molecular complexity index is 621. The molecular weight excluding hydrogens is 257 g/mol. The summed E-state index contributed by atoms with van der Waals surface area (Å²) in [5.74, 6) is -5.16. The standard InChI is InChI=1S/C13H9F3N2O/c1-7-11(3-2-4-17-7)18-13(19)8-5-9(14)12(16)10(15)6-8/h2-6H,1H3,(H,18,19). The molecule has 0 spiro atoms. The summed E-state index contributed by atoms with van der Waals surface area (Å²) in [6, 6.07) is 4.48. The van der Waals surface area contributed by atoms with Crippen molar-refractivity contribution in [3.05, 3.63) is 59.2 Å². The van der Waals surface area contributed by atoms with Crippen LogP contribution in [0.3, 0.4) is 0 Å². The molecule has 0 unspecified atom stereocenters. The molecular formula is C13H9F3N2O. The average Bonchev–Trinajstić information content (AvgIpc) is 2.38. The highest BCUT2D eigenvalue weighted by atomic mass is 19.2. The number of hydrogen-bond acceptors (Lipinski definition) is 2. The average molecular weight is 266 g/mol. The summed E-state index contributed by atoms with van der Waals surface area (Å²) in [6.45, 7) is 1.67. The van der Waals surface area contributed by atoms with Crippen molar-refractivity contribution in [3.63, 3.8) is 0 Å². The molecule has 1 amide bonds. The molecule has 1 heterocycles. The maximum absolute atomic E-state index is 13.0. The van der Waals surface area contributed by atoms with Gasteiger partial charge in [0.2, 0.25) is 0 Å². The molecule has 1 aromatic carbocycles. The highest BCUT2D eigenvalue weighted by Crippen LogP contribution is 2.16. The van der Waals surface area contributed by atoms with Crippen molar-refractivity contribution in [2.45, 2.75) is 6.92 Å². The number of benzene rings is 1. The molecule has 2 rings (SSSR count). The van der Waals surface area contributed by atoms with Gasteiger partial charge >= 0.3 is 0 Å². The second kappa shape index (κ2) is 5.09. The van der Waals surface area contributed by atoms with Crippen LogP contribution in [0.25, 0.3) is 0 Å². The van der Waals surface area contributed by atoms with Crippen LogP contribution in [-0.2, 0) is 0 Å². The van der Waals surface area contributed by atoms with Gasteiger partial charge in [0.25, 0.3) is 5.91 Å². The quantitative estimate of drug-likeness (QED) is 0.849. The molecule has 1 N–H and O–H groups in total. The molecule has 2 aromatic rings. The van der Waals surface area contributed by atoms with Crippen molar-refractivity contribution >= 4 is 11.6 Å². The number of aromatic nitrogens is 1. The largest absolute Gasteiger partial charge is 0.320 e. The van der Waals surface area contributed by atoms with E-state index in [1.807, 2.05) is 0 Å². The van der Waals surface area contributed by atoms with E-state index >= 15 is 0 Å². The predicted octanol–water partition coefficient (Wildman–Crippen LogP) is 3.06. The summed E-state index contributed by atoms with van der Waals surface area (Å²) in [7, 11) is 0. The summed E-state index contributed by atoms with van der Waals surface area (Å²) in [6.07, 6.45) is 1.54. The molecule has 1 aromatic heterocycles. The highest BCUT2D eigenvalue weighted by Gasteiger charge is 2.15. The maximum atomic E-state index is 13.0. The Kier molecular flexibility index (Phi) is 3.50. The number of amides is 1. The van der Waals surface area contributed by atoms with Crippen molar-refractivity contribution in [2.75, 3.05) is 5.32 Å². The molecule has 0 aliphatic carbocycles. The van der Waals surface area contributed by atoms with Gasteiger partial charge in [-0.3, -0.25) is 9.78 Å². The van der Waals surface area contributed by atoms with Crippen molar-refractivity contribution in [1.29, 1.82) is 0 Å². The lowest BCUT2D eigenvalue weighted by Gasteiger charge is -2.07. The number of carbonyl (C=O) groups is 1. The summed E-state index contributed by atoms with van der Waals surface area (Å²) >= 11 is 0. The zero-order valence-electron chi connectivity index (χ0n) is 9.88. The molecule has 6 heteroatoms. The Morgan fingerprint density at radius 2 is 1.84 bits per heavy atom. The molecule has 0 fully saturated rings. The van der Waals surface area contributed by atoms with Gasteiger partial charge in [0.05, 0.1) is 11.4 Å². The van der Waals surface area contributed by atoms with E-state index in [4.69, 9.17) is 0 Å². The number of nitrogens with zero attached hydrogens (tertiary/aromatic N) is 1. The van der Waals surface area contributed by atoms with Gasteiger partial charge in [0, 0.05) is 11.8 Å². The van der Waals surface area contributed by atoms with Crippen molar-refractivity contribution in [1.82, 2.24) is 4.98 Å². The summed E-state index contributed by atoms with van der Waals surface area (Å²) in [4.78, 5) is 15.7. The number of aryl methyl sites for hydroxylation is 1. The van der Waals surface area contributed by atoms with Gasteiger partial charge in [0.1, 0.15) is 0 Å². The van der Waals surface area contributed by atoms with E-state index < -0.39 is 23.4 Å². The topological polar surface area (TPSA) is 42.0 Å². The van der Waals surface area contributed by atoms with Crippen LogP contribution in [0.5, 0.6) is 0 Å². The van der Waals surface area contributed by atoms with Crippen LogP contribution in [0.2, 0.25) is 0 Å². The van der Waals surface area contributed by atoms with Crippen LogP contribution >= 0.6 is 0 Å². The zero-order chi connectivity index (χ0) is 14.0. The van der Waals surface area contributed by atoms with Crippen LogP contribution in [0, 0.1) is 24.4 Å². The molecule has 0 aliphatic rings. The minimum absolute atomic E-state index is 0.306. The maximum Gasteiger partial charge on any atom is 0.255 e. The lowest BCUT2D eigenvalue weighted by molar-refractivity contribution is 0.102. The van der Waals surface area contributed by atoms with Crippen molar-refractivity contribution in [2.24, 2.45) is 0 Å². The van der Waals surface area contributed by atoms with Gasteiger partial charge < -0.3 is 5.32 Å². The molecule has 98 valence electrons. The first kappa shape index (κ1) is 13.1.